The zero-order valence-corrected chi connectivity index (χ0v) is 11.9. The van der Waals surface area contributed by atoms with Crippen LogP contribution in [0.3, 0.4) is 0 Å². The van der Waals surface area contributed by atoms with Gasteiger partial charge in [-0.1, -0.05) is 18.2 Å². The summed E-state index contributed by atoms with van der Waals surface area (Å²) in [5, 5.41) is 1.19. The molecule has 0 saturated carbocycles. The van der Waals surface area contributed by atoms with Crippen LogP contribution in [0.15, 0.2) is 42.5 Å². The molecule has 100 valence electrons. The number of benzene rings is 2. The largest absolute Gasteiger partial charge is 0.399 e. The molecule has 0 amide bonds. The summed E-state index contributed by atoms with van der Waals surface area (Å²) in [6.07, 6.45) is 0. The van der Waals surface area contributed by atoms with Gasteiger partial charge in [0.05, 0.1) is 16.8 Å². The van der Waals surface area contributed by atoms with Crippen molar-refractivity contribution in [1.29, 1.82) is 0 Å². The Kier molecular flexibility index (Phi) is 2.72. The highest BCUT2D eigenvalue weighted by atomic mass is 32.1. The summed E-state index contributed by atoms with van der Waals surface area (Å²) in [7, 11) is 0. The number of fused-ring (bicyclic) bond motifs is 2. The Labute approximate surface area is 121 Å². The molecule has 4 rings (SSSR count). The van der Waals surface area contributed by atoms with Gasteiger partial charge in [0, 0.05) is 18.8 Å². The Morgan fingerprint density at radius 1 is 1.10 bits per heavy atom. The topological polar surface area (TPSA) is 42.1 Å². The molecule has 0 aliphatic carbocycles. The van der Waals surface area contributed by atoms with E-state index >= 15 is 0 Å². The van der Waals surface area contributed by atoms with Crippen molar-refractivity contribution in [2.24, 2.45) is 0 Å². The number of anilines is 1. The van der Waals surface area contributed by atoms with Crippen LogP contribution in [0.2, 0.25) is 0 Å². The van der Waals surface area contributed by atoms with Gasteiger partial charge in [-0.3, -0.25) is 4.90 Å². The standard InChI is InChI=1S/C16H15N3S/c17-13-6-5-11-8-19(9-12(11)7-13)10-16-18-14-3-1-2-4-15(14)20-16/h1-7H,8-10,17H2. The van der Waals surface area contributed by atoms with Gasteiger partial charge < -0.3 is 5.73 Å². The van der Waals surface area contributed by atoms with Gasteiger partial charge in [0.2, 0.25) is 0 Å². The van der Waals surface area contributed by atoms with Crippen molar-refractivity contribution >= 4 is 27.2 Å². The van der Waals surface area contributed by atoms with Crippen LogP contribution >= 0.6 is 11.3 Å². The quantitative estimate of drug-likeness (QED) is 0.732. The van der Waals surface area contributed by atoms with Gasteiger partial charge in [0.25, 0.3) is 0 Å². The predicted octanol–water partition coefficient (Wildman–Crippen LogP) is 3.39. The number of nitrogens with two attached hydrogens (primary N) is 1. The highest BCUT2D eigenvalue weighted by molar-refractivity contribution is 7.18. The molecule has 4 heteroatoms. The summed E-state index contributed by atoms with van der Waals surface area (Å²) in [6, 6.07) is 14.5. The fourth-order valence-electron chi connectivity index (χ4n) is 2.78. The number of rotatable bonds is 2. The highest BCUT2D eigenvalue weighted by Crippen LogP contribution is 2.28. The lowest BCUT2D eigenvalue weighted by Gasteiger charge is -2.11. The maximum absolute atomic E-state index is 5.85. The van der Waals surface area contributed by atoms with Gasteiger partial charge in [0.1, 0.15) is 5.01 Å². The van der Waals surface area contributed by atoms with E-state index in [2.05, 4.69) is 35.2 Å². The van der Waals surface area contributed by atoms with E-state index in [1.54, 1.807) is 11.3 Å². The molecule has 0 fully saturated rings. The van der Waals surface area contributed by atoms with Gasteiger partial charge in [-0.25, -0.2) is 4.98 Å². The Hall–Kier alpha value is -1.91. The number of nitrogens with zero attached hydrogens (tertiary/aromatic N) is 2. The van der Waals surface area contributed by atoms with Crippen LogP contribution in [-0.4, -0.2) is 9.88 Å². The van der Waals surface area contributed by atoms with Crippen LogP contribution in [0.1, 0.15) is 16.1 Å². The fraction of sp³-hybridized carbons (Fsp3) is 0.188. The summed E-state index contributed by atoms with van der Waals surface area (Å²) in [5.41, 5.74) is 10.6. The molecule has 2 N–H and O–H groups in total. The van der Waals surface area contributed by atoms with Crippen molar-refractivity contribution in [3.8, 4) is 0 Å². The lowest BCUT2D eigenvalue weighted by molar-refractivity contribution is 0.275. The third kappa shape index (κ3) is 2.07. The van der Waals surface area contributed by atoms with Crippen LogP contribution in [-0.2, 0) is 19.6 Å². The molecule has 0 atom stereocenters. The maximum atomic E-state index is 5.85. The zero-order chi connectivity index (χ0) is 13.5. The summed E-state index contributed by atoms with van der Waals surface area (Å²) < 4.78 is 1.27. The molecule has 0 spiro atoms. The van der Waals surface area contributed by atoms with E-state index in [4.69, 9.17) is 10.7 Å². The second-order valence-corrected chi connectivity index (χ2v) is 6.36. The SMILES string of the molecule is Nc1ccc2c(c1)CN(Cc1nc3ccccc3s1)C2. The van der Waals surface area contributed by atoms with Crippen LogP contribution in [0.5, 0.6) is 0 Å². The van der Waals surface area contributed by atoms with E-state index in [-0.39, 0.29) is 0 Å². The van der Waals surface area contributed by atoms with Crippen LogP contribution in [0.4, 0.5) is 5.69 Å². The Morgan fingerprint density at radius 3 is 2.85 bits per heavy atom. The molecule has 1 aliphatic heterocycles. The minimum Gasteiger partial charge on any atom is -0.399 e. The van der Waals surface area contributed by atoms with Crippen molar-refractivity contribution in [3.63, 3.8) is 0 Å². The van der Waals surface area contributed by atoms with E-state index in [1.165, 1.54) is 20.8 Å². The van der Waals surface area contributed by atoms with Gasteiger partial charge in [-0.2, -0.15) is 0 Å². The molecule has 3 aromatic rings. The fourth-order valence-corrected chi connectivity index (χ4v) is 3.79. The highest BCUT2D eigenvalue weighted by Gasteiger charge is 2.20. The number of para-hydroxylation sites is 1. The Balaban J connectivity index is 1.56. The maximum Gasteiger partial charge on any atom is 0.108 e. The number of nitrogen functional groups attached to an aromatic ring is 1. The molecule has 0 unspecified atom stereocenters. The lowest BCUT2D eigenvalue weighted by atomic mass is 10.1. The first kappa shape index (κ1) is 11.9. The molecule has 3 nitrogen and oxygen atoms in total. The molecule has 20 heavy (non-hydrogen) atoms. The van der Waals surface area contributed by atoms with Crippen molar-refractivity contribution in [1.82, 2.24) is 9.88 Å². The third-order valence-corrected chi connectivity index (χ3v) is 4.74. The Bertz CT molecular complexity index is 745. The van der Waals surface area contributed by atoms with Gasteiger partial charge >= 0.3 is 0 Å². The van der Waals surface area contributed by atoms with Crippen LogP contribution in [0, 0.1) is 0 Å². The lowest BCUT2D eigenvalue weighted by Crippen LogP contribution is -2.15. The smallest absolute Gasteiger partial charge is 0.108 e. The van der Waals surface area contributed by atoms with Gasteiger partial charge in [-0.05, 0) is 35.4 Å². The third-order valence-electron chi connectivity index (χ3n) is 3.72. The number of hydrogen-bond donors (Lipinski definition) is 1. The van der Waals surface area contributed by atoms with Gasteiger partial charge in [0.15, 0.2) is 0 Å². The summed E-state index contributed by atoms with van der Waals surface area (Å²) >= 11 is 1.79. The molecule has 0 saturated heterocycles. The first-order valence-electron chi connectivity index (χ1n) is 6.72. The molecule has 1 aliphatic rings. The monoisotopic (exact) mass is 281 g/mol. The molecule has 0 radical (unpaired) electrons. The van der Waals surface area contributed by atoms with Crippen molar-refractivity contribution in [2.75, 3.05) is 5.73 Å². The average molecular weight is 281 g/mol. The predicted molar refractivity (Wildman–Crippen MR) is 83.4 cm³/mol. The van der Waals surface area contributed by atoms with E-state index in [0.717, 1.165) is 30.8 Å². The molecule has 0 bridgehead atoms. The van der Waals surface area contributed by atoms with Crippen LogP contribution in [0.25, 0.3) is 10.2 Å². The molecule has 2 aromatic carbocycles. The number of hydrogen-bond acceptors (Lipinski definition) is 4. The van der Waals surface area contributed by atoms with Gasteiger partial charge in [-0.15, -0.1) is 11.3 Å². The van der Waals surface area contributed by atoms with E-state index in [1.807, 2.05) is 12.1 Å². The average Bonchev–Trinajstić information content (AvgIpc) is 3.00. The van der Waals surface area contributed by atoms with Crippen molar-refractivity contribution in [3.05, 3.63) is 58.6 Å². The van der Waals surface area contributed by atoms with Crippen LogP contribution < -0.4 is 5.73 Å². The Morgan fingerprint density at radius 2 is 1.95 bits per heavy atom. The summed E-state index contributed by atoms with van der Waals surface area (Å²) in [5.74, 6) is 0. The van der Waals surface area contributed by atoms with Crippen molar-refractivity contribution in [2.45, 2.75) is 19.6 Å². The second kappa shape index (κ2) is 4.58. The number of aromatic nitrogens is 1. The molecular weight excluding hydrogens is 266 g/mol. The molecule has 2 heterocycles. The minimum atomic E-state index is 0.852. The number of thiazole rings is 1. The summed E-state index contributed by atoms with van der Waals surface area (Å²) in [4.78, 5) is 7.13. The normalized spacial score (nSPS) is 14.8. The van der Waals surface area contributed by atoms with Crippen molar-refractivity contribution < 1.29 is 0 Å². The molecule has 1 aromatic heterocycles. The zero-order valence-electron chi connectivity index (χ0n) is 11.0. The van der Waals surface area contributed by atoms with E-state index < -0.39 is 0 Å². The minimum absolute atomic E-state index is 0.852. The molecular formula is C16H15N3S. The van der Waals surface area contributed by atoms with E-state index in [0.29, 0.717) is 0 Å². The summed E-state index contributed by atoms with van der Waals surface area (Å²) in [6.45, 7) is 2.87. The second-order valence-electron chi connectivity index (χ2n) is 5.25. The first-order valence-corrected chi connectivity index (χ1v) is 7.54. The van der Waals surface area contributed by atoms with E-state index in [9.17, 15) is 0 Å². The first-order chi connectivity index (χ1) is 9.78.